The molecule has 0 atom stereocenters. The second-order valence-corrected chi connectivity index (χ2v) is 3.08. The zero-order valence-corrected chi connectivity index (χ0v) is 6.18. The quantitative estimate of drug-likeness (QED) is 0.264. The third kappa shape index (κ3) is 8850. The second-order valence-electron chi connectivity index (χ2n) is 1.03. The van der Waals surface area contributed by atoms with Gasteiger partial charge in [-0.3, -0.25) is 0 Å². The summed E-state index contributed by atoms with van der Waals surface area (Å²) in [5.74, 6) is 0. The summed E-state index contributed by atoms with van der Waals surface area (Å²) in [6.45, 7) is 0. The lowest BCUT2D eigenvalue weighted by Gasteiger charge is -1.82. The van der Waals surface area contributed by atoms with E-state index in [4.69, 9.17) is 38.5 Å². The van der Waals surface area contributed by atoms with Crippen molar-refractivity contribution in [3.8, 4) is 0 Å². The molecule has 10 heteroatoms. The molecule has 0 aromatic rings. The minimum atomic E-state index is -4.64. The van der Waals surface area contributed by atoms with Crippen molar-refractivity contribution in [2.45, 2.75) is 0 Å². The molecule has 64 valence electrons. The zero-order valence-electron chi connectivity index (χ0n) is 9.39. The molecule has 0 spiro atoms. The van der Waals surface area contributed by atoms with Crippen molar-refractivity contribution in [2.24, 2.45) is 0 Å². The van der Waals surface area contributed by atoms with Crippen molar-refractivity contribution >= 4 is 15.6 Å². The van der Waals surface area contributed by atoms with Crippen LogP contribution in [0.2, 0.25) is 0 Å². The summed E-state index contributed by atoms with van der Waals surface area (Å²) in [5.41, 5.74) is 0. The van der Waals surface area contributed by atoms with Gasteiger partial charge in [0.05, 0.1) is 0 Å². The Kier molecular flexibility index (Phi) is 5.36. The summed E-state index contributed by atoms with van der Waals surface area (Å²) < 4.78 is 17.8. The van der Waals surface area contributed by atoms with Crippen LogP contribution in [0.25, 0.3) is 0 Å². The monoisotopic (exact) mass is 201 g/mol. The van der Waals surface area contributed by atoms with E-state index < -0.39 is 15.6 Å². The predicted octanol–water partition coefficient (Wildman–Crippen LogP) is -1.29. The molecule has 0 aliphatic heterocycles. The lowest BCUT2D eigenvalue weighted by atomic mass is 15.8. The first-order valence-electron chi connectivity index (χ1n) is 1.57. The minimum Gasteiger partial charge on any atom is -0.303 e. The molecule has 0 aromatic heterocycles. The average Bonchev–Trinajstić information content (AvgIpc) is 1.12. The largest absolute Gasteiger partial charge is 1.00 e. The van der Waals surface area contributed by atoms with Gasteiger partial charge in [-0.05, 0) is 0 Å². The Hall–Kier alpha value is 0.220. The van der Waals surface area contributed by atoms with E-state index in [0.717, 1.165) is 0 Å². The van der Waals surface area contributed by atoms with Crippen molar-refractivity contribution in [3.05, 3.63) is 0 Å². The highest BCUT2D eigenvalue weighted by atomic mass is 31.2. The molecular formula is H11O8P2+5. The van der Waals surface area contributed by atoms with Gasteiger partial charge in [-0.15, -0.1) is 0 Å². The molecule has 8 nitrogen and oxygen atoms in total. The number of phosphoric acid groups is 2. The molecule has 0 rings (SSSR count). The van der Waals surface area contributed by atoms with Gasteiger partial charge in [-0.2, -0.15) is 0 Å². The maximum absolute atomic E-state index is 8.88. The van der Waals surface area contributed by atoms with Crippen molar-refractivity contribution in [3.63, 3.8) is 0 Å². The molecule has 0 aliphatic rings. The van der Waals surface area contributed by atoms with Crippen LogP contribution in [-0.2, 0) is 9.13 Å². The SMILES string of the molecule is O=P(O)(O)O.O=P(O)(O)O.[H+].[H+].[H+].[H+].[H+]. The highest BCUT2D eigenvalue weighted by molar-refractivity contribution is 7.45. The van der Waals surface area contributed by atoms with Crippen LogP contribution in [-0.4, -0.2) is 29.4 Å². The third-order valence-electron chi connectivity index (χ3n) is 0. The Morgan fingerprint density at radius 1 is 0.700 bits per heavy atom. The molecule has 6 N–H and O–H groups in total. The van der Waals surface area contributed by atoms with E-state index in [-0.39, 0.29) is 7.13 Å². The van der Waals surface area contributed by atoms with Crippen LogP contribution >= 0.6 is 15.6 Å². The van der Waals surface area contributed by atoms with Gasteiger partial charge in [0, 0.05) is 0 Å². The van der Waals surface area contributed by atoms with Crippen LogP contribution in [0.15, 0.2) is 0 Å². The predicted molar refractivity (Wildman–Crippen MR) is 34.1 cm³/mol. The fraction of sp³-hybridized carbons (Fsp3) is 0. The minimum absolute atomic E-state index is 0. The zero-order chi connectivity index (χ0) is 9.00. The molecule has 0 saturated heterocycles. The fourth-order valence-corrected chi connectivity index (χ4v) is 0. The summed E-state index contributed by atoms with van der Waals surface area (Å²) in [6.07, 6.45) is 0. The van der Waals surface area contributed by atoms with Crippen molar-refractivity contribution in [1.82, 2.24) is 0 Å². The molecule has 0 unspecified atom stereocenters. The summed E-state index contributed by atoms with van der Waals surface area (Å²) in [5, 5.41) is 0. The summed E-state index contributed by atoms with van der Waals surface area (Å²) in [7, 11) is -9.28. The van der Waals surface area contributed by atoms with Gasteiger partial charge in [0.25, 0.3) is 0 Å². The topological polar surface area (TPSA) is 156 Å². The van der Waals surface area contributed by atoms with Gasteiger partial charge < -0.3 is 29.4 Å². The first kappa shape index (κ1) is 12.9. The third-order valence-corrected chi connectivity index (χ3v) is 0. The van der Waals surface area contributed by atoms with E-state index in [0.29, 0.717) is 0 Å². The van der Waals surface area contributed by atoms with E-state index >= 15 is 0 Å². The van der Waals surface area contributed by atoms with Crippen LogP contribution in [0, 0.1) is 0 Å². The van der Waals surface area contributed by atoms with Crippen LogP contribution in [0.5, 0.6) is 0 Å². The van der Waals surface area contributed by atoms with Gasteiger partial charge in [-0.25, -0.2) is 9.13 Å². The van der Waals surface area contributed by atoms with Crippen molar-refractivity contribution in [1.29, 1.82) is 0 Å². The first-order chi connectivity index (χ1) is 4.00. The molecule has 0 aromatic carbocycles. The summed E-state index contributed by atoms with van der Waals surface area (Å²) in [6, 6.07) is 0. The second kappa shape index (κ2) is 4.17. The molecule has 0 fully saturated rings. The maximum Gasteiger partial charge on any atom is 1.00 e. The first-order valence-corrected chi connectivity index (χ1v) is 4.70. The molecule has 0 bridgehead atoms. The Labute approximate surface area is 62.7 Å². The van der Waals surface area contributed by atoms with Crippen LogP contribution in [0.1, 0.15) is 7.13 Å². The van der Waals surface area contributed by atoms with Gasteiger partial charge in [0.1, 0.15) is 0 Å². The molecule has 0 heterocycles. The van der Waals surface area contributed by atoms with Crippen LogP contribution < -0.4 is 0 Å². The van der Waals surface area contributed by atoms with E-state index in [1.54, 1.807) is 0 Å². The van der Waals surface area contributed by atoms with E-state index in [1.165, 1.54) is 0 Å². The molecule has 0 aliphatic carbocycles. The van der Waals surface area contributed by atoms with Gasteiger partial charge in [0.2, 0.25) is 0 Å². The maximum atomic E-state index is 8.88. The highest BCUT2D eigenvalue weighted by Gasteiger charge is 2.00. The Morgan fingerprint density at radius 3 is 0.700 bits per heavy atom. The smallest absolute Gasteiger partial charge is 0.303 e. The molecule has 0 amide bonds. The Balaban J connectivity index is -0.0000000128. The van der Waals surface area contributed by atoms with Crippen LogP contribution in [0.4, 0.5) is 0 Å². The van der Waals surface area contributed by atoms with Crippen molar-refractivity contribution in [2.75, 3.05) is 0 Å². The van der Waals surface area contributed by atoms with E-state index in [2.05, 4.69) is 0 Å². The lowest BCUT2D eigenvalue weighted by Crippen LogP contribution is -1.66. The van der Waals surface area contributed by atoms with Gasteiger partial charge in [0.15, 0.2) is 0 Å². The number of hydrogen-bond acceptors (Lipinski definition) is 2. The van der Waals surface area contributed by atoms with E-state index in [9.17, 15) is 0 Å². The standard InChI is InChI=1S/2H3O4P/c2*1-5(2,3)4/h2*(H3,1,2,3,4)/p+5. The lowest BCUT2D eigenvalue weighted by molar-refractivity contribution is 0.272. The molecule has 0 saturated carbocycles. The van der Waals surface area contributed by atoms with E-state index in [1.807, 2.05) is 0 Å². The number of rotatable bonds is 0. The average molecular weight is 201 g/mol. The summed E-state index contributed by atoms with van der Waals surface area (Å²) >= 11 is 0. The fourth-order valence-electron chi connectivity index (χ4n) is 0. The Morgan fingerprint density at radius 2 is 0.700 bits per heavy atom. The van der Waals surface area contributed by atoms with Gasteiger partial charge >= 0.3 is 22.8 Å². The number of hydrogen-bond donors (Lipinski definition) is 6. The Bertz CT molecular complexity index is 133. The van der Waals surface area contributed by atoms with Crippen LogP contribution in [0.3, 0.4) is 0 Å². The normalized spacial score (nSPS) is 11.8. The molecule has 0 radical (unpaired) electrons. The highest BCUT2D eigenvalue weighted by Crippen LogP contribution is 2.26. The summed E-state index contributed by atoms with van der Waals surface area (Å²) in [4.78, 5) is 43.1. The van der Waals surface area contributed by atoms with Crippen molar-refractivity contribution < 1.29 is 45.6 Å². The van der Waals surface area contributed by atoms with Gasteiger partial charge in [-0.1, -0.05) is 0 Å². The molecule has 10 heavy (non-hydrogen) atoms. The molecular weight excluding hydrogens is 190 g/mol.